The smallest absolute Gasteiger partial charge is 0.462 e. The van der Waals surface area contributed by atoms with E-state index in [9.17, 15) is 43.2 Å². The molecule has 0 bridgehead atoms. The Morgan fingerprint density at radius 3 is 0.674 bits per heavy atom. The van der Waals surface area contributed by atoms with Crippen molar-refractivity contribution >= 4 is 39.5 Å². The average molecular weight is 1350 g/mol. The lowest BCUT2D eigenvalue weighted by molar-refractivity contribution is -0.161. The summed E-state index contributed by atoms with van der Waals surface area (Å²) in [6, 6.07) is 0. The van der Waals surface area contributed by atoms with Crippen molar-refractivity contribution in [1.82, 2.24) is 0 Å². The molecule has 0 saturated carbocycles. The highest BCUT2D eigenvalue weighted by atomic mass is 31.2. The average Bonchev–Trinajstić information content (AvgIpc) is 2.67. The van der Waals surface area contributed by atoms with Crippen molar-refractivity contribution in [2.75, 3.05) is 39.6 Å². The normalized spacial score (nSPS) is 14.2. The predicted octanol–water partition coefficient (Wildman–Crippen LogP) is 20.9. The van der Waals surface area contributed by atoms with Gasteiger partial charge in [-0.3, -0.25) is 37.3 Å². The van der Waals surface area contributed by atoms with Crippen molar-refractivity contribution < 1.29 is 80.2 Å². The molecular weight excluding hydrogens is 1210 g/mol. The van der Waals surface area contributed by atoms with Gasteiger partial charge in [0, 0.05) is 25.7 Å². The van der Waals surface area contributed by atoms with Crippen LogP contribution < -0.4 is 0 Å². The van der Waals surface area contributed by atoms with Gasteiger partial charge in [0.1, 0.15) is 19.3 Å². The van der Waals surface area contributed by atoms with Crippen LogP contribution in [0.4, 0.5) is 0 Å². The zero-order valence-electron chi connectivity index (χ0n) is 60.2. The van der Waals surface area contributed by atoms with Crippen LogP contribution in [0.15, 0.2) is 0 Å². The van der Waals surface area contributed by atoms with Crippen LogP contribution in [0.3, 0.4) is 0 Å². The van der Waals surface area contributed by atoms with E-state index in [1.807, 2.05) is 0 Å². The van der Waals surface area contributed by atoms with Gasteiger partial charge in [-0.05, 0) is 49.4 Å². The Bertz CT molecular complexity index is 1820. The molecule has 0 aromatic rings. The number of hydrogen-bond acceptors (Lipinski definition) is 15. The number of aliphatic hydroxyl groups excluding tert-OH is 1. The largest absolute Gasteiger partial charge is 0.472 e. The Morgan fingerprint density at radius 2 is 0.457 bits per heavy atom. The third-order valence-corrected chi connectivity index (χ3v) is 18.7. The Balaban J connectivity index is 5.22. The second-order valence-electron chi connectivity index (χ2n) is 28.2. The first-order valence-electron chi connectivity index (χ1n) is 37.7. The molecule has 0 aliphatic rings. The Morgan fingerprint density at radius 1 is 0.272 bits per heavy atom. The second-order valence-corrected chi connectivity index (χ2v) is 31.1. The van der Waals surface area contributed by atoms with E-state index in [0.29, 0.717) is 31.6 Å². The molecule has 0 heterocycles. The molecule has 0 aromatic heterocycles. The number of phosphoric acid groups is 2. The third-order valence-electron chi connectivity index (χ3n) is 16.8. The van der Waals surface area contributed by atoms with Gasteiger partial charge in [-0.1, -0.05) is 312 Å². The molecule has 3 unspecified atom stereocenters. The van der Waals surface area contributed by atoms with Gasteiger partial charge >= 0.3 is 39.5 Å². The van der Waals surface area contributed by atoms with E-state index in [0.717, 1.165) is 108 Å². The molecule has 0 aromatic carbocycles. The van der Waals surface area contributed by atoms with Gasteiger partial charge in [-0.2, -0.15) is 0 Å². The molecule has 0 aliphatic carbocycles. The highest BCUT2D eigenvalue weighted by Crippen LogP contribution is 2.45. The highest BCUT2D eigenvalue weighted by Gasteiger charge is 2.30. The van der Waals surface area contributed by atoms with Crippen molar-refractivity contribution in [3.05, 3.63) is 0 Å². The monoisotopic (exact) mass is 1350 g/mol. The van der Waals surface area contributed by atoms with E-state index in [4.69, 9.17) is 37.0 Å². The highest BCUT2D eigenvalue weighted by molar-refractivity contribution is 7.47. The van der Waals surface area contributed by atoms with Crippen LogP contribution in [0.1, 0.15) is 364 Å². The fourth-order valence-corrected chi connectivity index (χ4v) is 12.6. The Labute approximate surface area is 562 Å². The fraction of sp³-hybridized carbons (Fsp3) is 0.945. The second kappa shape index (κ2) is 62.6. The molecule has 0 spiro atoms. The van der Waals surface area contributed by atoms with Gasteiger partial charge in [-0.15, -0.1) is 0 Å². The van der Waals surface area contributed by atoms with Gasteiger partial charge in [0.15, 0.2) is 12.2 Å². The van der Waals surface area contributed by atoms with Crippen LogP contribution in [-0.4, -0.2) is 96.7 Å². The van der Waals surface area contributed by atoms with E-state index in [2.05, 4.69) is 55.4 Å². The first-order valence-corrected chi connectivity index (χ1v) is 40.7. The maximum atomic E-state index is 13.1. The van der Waals surface area contributed by atoms with Gasteiger partial charge in [-0.25, -0.2) is 9.13 Å². The number of carbonyl (C=O) groups is 4. The van der Waals surface area contributed by atoms with E-state index in [1.165, 1.54) is 167 Å². The third kappa shape index (κ3) is 66.7. The SMILES string of the molecule is CC(C)CCCCCCCCCCCCCCCCC(=O)OC[C@H](COP(=O)(O)OCC(O)COP(=O)(O)OC[C@@H](COC(=O)CCCCCCCCCCC(C)C)OC(=O)CCCCCCCCC(C)C)OC(=O)CCCCCCCCCCCCCCC(C)C. The quantitative estimate of drug-likeness (QED) is 0.0222. The topological polar surface area (TPSA) is 237 Å². The van der Waals surface area contributed by atoms with E-state index in [-0.39, 0.29) is 25.7 Å². The van der Waals surface area contributed by atoms with E-state index in [1.54, 1.807) is 0 Å². The van der Waals surface area contributed by atoms with Crippen molar-refractivity contribution in [2.24, 2.45) is 23.7 Å². The standard InChI is InChI=1S/C73H142O17P2/c1-63(2)49-41-33-25-19-15-11-9-10-12-17-21-28-37-45-53-70(75)83-59-68(89-72(77)55-47-39-30-22-18-14-13-16-20-26-34-42-50-64(3)4)61-87-91(79,80)85-57-67(74)58-86-92(81,82)88-62-69(90-73(78)56-48-40-32-31-36-44-52-66(7)8)60-84-71(76)54-46-38-29-24-23-27-35-43-51-65(5)6/h63-69,74H,9-62H2,1-8H3,(H,79,80)(H,81,82)/t67?,68-,69-/m1/s1. The molecule has 0 rings (SSSR count). The summed E-state index contributed by atoms with van der Waals surface area (Å²) < 4.78 is 68.3. The van der Waals surface area contributed by atoms with Crippen LogP contribution in [0, 0.1) is 23.7 Å². The molecule has 0 amide bonds. The number of rotatable bonds is 70. The molecule has 17 nitrogen and oxygen atoms in total. The van der Waals surface area contributed by atoms with Crippen molar-refractivity contribution in [3.8, 4) is 0 Å². The molecule has 0 fully saturated rings. The van der Waals surface area contributed by atoms with Crippen molar-refractivity contribution in [2.45, 2.75) is 382 Å². The van der Waals surface area contributed by atoms with Crippen LogP contribution in [-0.2, 0) is 65.4 Å². The maximum Gasteiger partial charge on any atom is 0.472 e. The summed E-state index contributed by atoms with van der Waals surface area (Å²) in [6.07, 6.45) is 46.0. The van der Waals surface area contributed by atoms with Gasteiger partial charge in [0.05, 0.1) is 26.4 Å². The minimum Gasteiger partial charge on any atom is -0.462 e. The van der Waals surface area contributed by atoms with Crippen molar-refractivity contribution in [3.63, 3.8) is 0 Å². The Hall–Kier alpha value is -1.94. The predicted molar refractivity (Wildman–Crippen MR) is 372 cm³/mol. The number of aliphatic hydroxyl groups is 1. The summed E-state index contributed by atoms with van der Waals surface area (Å²) >= 11 is 0. The molecule has 19 heteroatoms. The lowest BCUT2D eigenvalue weighted by Crippen LogP contribution is -2.30. The minimum atomic E-state index is -4.96. The van der Waals surface area contributed by atoms with Crippen LogP contribution in [0.2, 0.25) is 0 Å². The van der Waals surface area contributed by atoms with E-state index < -0.39 is 97.5 Å². The number of phosphoric ester groups is 2. The summed E-state index contributed by atoms with van der Waals surface area (Å²) in [6.45, 7) is 14.1. The minimum absolute atomic E-state index is 0.101. The summed E-state index contributed by atoms with van der Waals surface area (Å²) in [4.78, 5) is 72.6. The fourth-order valence-electron chi connectivity index (χ4n) is 11.0. The summed E-state index contributed by atoms with van der Waals surface area (Å²) in [5.74, 6) is 0.842. The van der Waals surface area contributed by atoms with Gasteiger partial charge in [0.25, 0.3) is 0 Å². The molecule has 0 saturated heterocycles. The van der Waals surface area contributed by atoms with Crippen LogP contribution >= 0.6 is 15.6 Å². The number of unbranched alkanes of at least 4 members (excludes halogenated alkanes) is 36. The molecule has 0 aliphatic heterocycles. The zero-order chi connectivity index (χ0) is 68.2. The summed E-state index contributed by atoms with van der Waals surface area (Å²) in [5, 5.41) is 10.6. The van der Waals surface area contributed by atoms with Crippen molar-refractivity contribution in [1.29, 1.82) is 0 Å². The maximum absolute atomic E-state index is 13.1. The molecule has 546 valence electrons. The summed E-state index contributed by atoms with van der Waals surface area (Å²) in [5.41, 5.74) is 0. The lowest BCUT2D eigenvalue weighted by atomic mass is 10.0. The lowest BCUT2D eigenvalue weighted by Gasteiger charge is -2.21. The molecule has 92 heavy (non-hydrogen) atoms. The first kappa shape index (κ1) is 90.1. The van der Waals surface area contributed by atoms with Gasteiger partial charge in [0.2, 0.25) is 0 Å². The number of esters is 4. The Kier molecular flexibility index (Phi) is 61.3. The zero-order valence-corrected chi connectivity index (χ0v) is 62.0. The molecule has 3 N–H and O–H groups in total. The first-order chi connectivity index (χ1) is 44.1. The number of carbonyl (C=O) groups excluding carboxylic acids is 4. The van der Waals surface area contributed by atoms with Crippen LogP contribution in [0.5, 0.6) is 0 Å². The van der Waals surface area contributed by atoms with E-state index >= 15 is 0 Å². The van der Waals surface area contributed by atoms with Gasteiger partial charge < -0.3 is 33.8 Å². The number of ether oxygens (including phenoxy) is 4. The molecular formula is C73H142O17P2. The molecule has 0 radical (unpaired) electrons. The van der Waals surface area contributed by atoms with Crippen LogP contribution in [0.25, 0.3) is 0 Å². The number of hydrogen-bond donors (Lipinski definition) is 3. The summed E-state index contributed by atoms with van der Waals surface area (Å²) in [7, 11) is -9.91. The molecule has 5 atom stereocenters.